The Morgan fingerprint density at radius 2 is 1.84 bits per heavy atom. The summed E-state index contributed by atoms with van der Waals surface area (Å²) in [6, 6.07) is 7.23. The van der Waals surface area contributed by atoms with Crippen LogP contribution in [0.2, 0.25) is 5.02 Å². The van der Waals surface area contributed by atoms with Crippen molar-refractivity contribution in [1.29, 1.82) is 0 Å². The molecule has 1 saturated heterocycles. The fraction of sp³-hybridized carbons (Fsp3) is 0.412. The Morgan fingerprint density at radius 1 is 1.16 bits per heavy atom. The van der Waals surface area contributed by atoms with Crippen molar-refractivity contribution in [3.05, 3.63) is 40.7 Å². The summed E-state index contributed by atoms with van der Waals surface area (Å²) >= 11 is 6.02. The average Bonchev–Trinajstić information content (AvgIpc) is 3.02. The predicted octanol–water partition coefficient (Wildman–Crippen LogP) is 1.92. The average molecular weight is 362 g/mol. The van der Waals surface area contributed by atoms with E-state index in [9.17, 15) is 9.59 Å². The van der Waals surface area contributed by atoms with Crippen molar-refractivity contribution in [2.24, 2.45) is 0 Å². The lowest BCUT2D eigenvalue weighted by atomic mass is 10.2. The van der Waals surface area contributed by atoms with Gasteiger partial charge in [0.2, 0.25) is 5.91 Å². The second kappa shape index (κ2) is 7.23. The van der Waals surface area contributed by atoms with Gasteiger partial charge in [-0.25, -0.2) is 4.68 Å². The molecule has 1 fully saturated rings. The van der Waals surface area contributed by atoms with Crippen molar-refractivity contribution in [2.45, 2.75) is 20.3 Å². The van der Waals surface area contributed by atoms with Gasteiger partial charge in [0.1, 0.15) is 0 Å². The summed E-state index contributed by atoms with van der Waals surface area (Å²) in [6.45, 7) is 5.78. The second-order valence-electron chi connectivity index (χ2n) is 5.94. The molecule has 0 spiro atoms. The van der Waals surface area contributed by atoms with Crippen molar-refractivity contribution >= 4 is 23.4 Å². The zero-order valence-electron chi connectivity index (χ0n) is 14.3. The van der Waals surface area contributed by atoms with Gasteiger partial charge < -0.3 is 9.80 Å². The number of halogens is 1. The van der Waals surface area contributed by atoms with E-state index < -0.39 is 0 Å². The van der Waals surface area contributed by atoms with Gasteiger partial charge in [-0.2, -0.15) is 0 Å². The normalized spacial score (nSPS) is 14.7. The third kappa shape index (κ3) is 3.51. The van der Waals surface area contributed by atoms with E-state index in [1.54, 1.807) is 26.6 Å². The summed E-state index contributed by atoms with van der Waals surface area (Å²) in [4.78, 5) is 28.0. The Labute approximate surface area is 151 Å². The lowest BCUT2D eigenvalue weighted by molar-refractivity contribution is -0.132. The number of amides is 2. The summed E-state index contributed by atoms with van der Waals surface area (Å²) in [5.74, 6) is -0.0374. The Balaban J connectivity index is 1.75. The Bertz CT molecular complexity index is 796. The zero-order chi connectivity index (χ0) is 18.0. The van der Waals surface area contributed by atoms with Crippen LogP contribution in [0.1, 0.15) is 29.5 Å². The summed E-state index contributed by atoms with van der Waals surface area (Å²) in [6.07, 6.45) is 0.487. The largest absolute Gasteiger partial charge is 0.339 e. The van der Waals surface area contributed by atoms with Gasteiger partial charge in [-0.15, -0.1) is 5.10 Å². The third-order valence-electron chi connectivity index (χ3n) is 4.37. The standard InChI is InChI=1S/C17H20ClN5O2/c1-3-15(24)21-7-9-22(10-8-21)17(25)16-12(2)23(20-19-16)14-6-4-5-13(18)11-14/h4-6,11H,3,7-10H2,1-2H3. The van der Waals surface area contributed by atoms with E-state index in [0.29, 0.717) is 49.0 Å². The minimum Gasteiger partial charge on any atom is -0.339 e. The first-order valence-electron chi connectivity index (χ1n) is 8.26. The molecule has 132 valence electrons. The fourth-order valence-electron chi connectivity index (χ4n) is 2.91. The topological polar surface area (TPSA) is 71.3 Å². The first kappa shape index (κ1) is 17.4. The Morgan fingerprint density at radius 3 is 2.48 bits per heavy atom. The number of nitrogens with zero attached hydrogens (tertiary/aromatic N) is 5. The Hall–Kier alpha value is -2.41. The molecule has 1 aromatic carbocycles. The molecule has 0 bridgehead atoms. The van der Waals surface area contributed by atoms with Gasteiger partial charge in [0.25, 0.3) is 5.91 Å². The molecule has 2 amide bonds. The van der Waals surface area contributed by atoms with Gasteiger partial charge in [-0.1, -0.05) is 29.8 Å². The molecule has 8 heteroatoms. The fourth-order valence-corrected chi connectivity index (χ4v) is 3.10. The van der Waals surface area contributed by atoms with E-state index in [0.717, 1.165) is 5.69 Å². The quantitative estimate of drug-likeness (QED) is 0.837. The molecule has 0 N–H and O–H groups in total. The van der Waals surface area contributed by atoms with Gasteiger partial charge >= 0.3 is 0 Å². The molecule has 1 aromatic heterocycles. The monoisotopic (exact) mass is 361 g/mol. The third-order valence-corrected chi connectivity index (χ3v) is 4.61. The maximum absolute atomic E-state index is 12.8. The van der Waals surface area contributed by atoms with Crippen LogP contribution in [0.15, 0.2) is 24.3 Å². The molecule has 0 unspecified atom stereocenters. The first-order chi connectivity index (χ1) is 12.0. The van der Waals surface area contributed by atoms with Crippen LogP contribution in [0, 0.1) is 6.92 Å². The van der Waals surface area contributed by atoms with Gasteiger partial charge in [-0.05, 0) is 25.1 Å². The molecule has 0 atom stereocenters. The van der Waals surface area contributed by atoms with E-state index in [-0.39, 0.29) is 11.8 Å². The van der Waals surface area contributed by atoms with E-state index in [2.05, 4.69) is 10.3 Å². The summed E-state index contributed by atoms with van der Waals surface area (Å²) in [5, 5.41) is 8.76. The lowest BCUT2D eigenvalue weighted by Gasteiger charge is -2.34. The van der Waals surface area contributed by atoms with Crippen LogP contribution >= 0.6 is 11.6 Å². The van der Waals surface area contributed by atoms with Gasteiger partial charge in [0, 0.05) is 37.6 Å². The van der Waals surface area contributed by atoms with Crippen LogP contribution in [0.3, 0.4) is 0 Å². The van der Waals surface area contributed by atoms with E-state index >= 15 is 0 Å². The highest BCUT2D eigenvalue weighted by atomic mass is 35.5. The van der Waals surface area contributed by atoms with Gasteiger partial charge in [0.05, 0.1) is 11.4 Å². The molecule has 2 aromatic rings. The summed E-state index contributed by atoms with van der Waals surface area (Å²) < 4.78 is 1.61. The molecular weight excluding hydrogens is 342 g/mol. The molecule has 0 saturated carbocycles. The molecule has 3 rings (SSSR count). The number of carbonyl (C=O) groups excluding carboxylic acids is 2. The minimum atomic E-state index is -0.158. The highest BCUT2D eigenvalue weighted by molar-refractivity contribution is 6.30. The SMILES string of the molecule is CCC(=O)N1CCN(C(=O)c2nnn(-c3cccc(Cl)c3)c2C)CC1. The van der Waals surface area contributed by atoms with Crippen molar-refractivity contribution in [2.75, 3.05) is 26.2 Å². The number of benzene rings is 1. The first-order valence-corrected chi connectivity index (χ1v) is 8.64. The van der Waals surface area contributed by atoms with Crippen LogP contribution in [0.25, 0.3) is 5.69 Å². The summed E-state index contributed by atoms with van der Waals surface area (Å²) in [5.41, 5.74) is 1.75. The van der Waals surface area contributed by atoms with Crippen LogP contribution < -0.4 is 0 Å². The molecule has 25 heavy (non-hydrogen) atoms. The highest BCUT2D eigenvalue weighted by Gasteiger charge is 2.27. The lowest BCUT2D eigenvalue weighted by Crippen LogP contribution is -2.50. The number of piperazine rings is 1. The van der Waals surface area contributed by atoms with E-state index in [4.69, 9.17) is 11.6 Å². The highest BCUT2D eigenvalue weighted by Crippen LogP contribution is 2.18. The molecule has 0 radical (unpaired) electrons. The van der Waals surface area contributed by atoms with Crippen molar-refractivity contribution < 1.29 is 9.59 Å². The van der Waals surface area contributed by atoms with Crippen molar-refractivity contribution in [3.63, 3.8) is 0 Å². The molecule has 0 aliphatic carbocycles. The molecule has 7 nitrogen and oxygen atoms in total. The van der Waals surface area contributed by atoms with Crippen LogP contribution in [-0.4, -0.2) is 62.8 Å². The number of carbonyl (C=O) groups is 2. The number of hydrogen-bond acceptors (Lipinski definition) is 4. The van der Waals surface area contributed by atoms with Crippen molar-refractivity contribution in [3.8, 4) is 5.69 Å². The van der Waals surface area contributed by atoms with Crippen LogP contribution in [0.4, 0.5) is 0 Å². The number of hydrogen-bond donors (Lipinski definition) is 0. The molecule has 2 heterocycles. The predicted molar refractivity (Wildman–Crippen MR) is 93.9 cm³/mol. The zero-order valence-corrected chi connectivity index (χ0v) is 15.0. The van der Waals surface area contributed by atoms with E-state index in [1.807, 2.05) is 26.0 Å². The minimum absolute atomic E-state index is 0.121. The van der Waals surface area contributed by atoms with Crippen LogP contribution in [0.5, 0.6) is 0 Å². The number of aromatic nitrogens is 3. The molecular formula is C17H20ClN5O2. The van der Waals surface area contributed by atoms with E-state index in [1.165, 1.54) is 0 Å². The second-order valence-corrected chi connectivity index (χ2v) is 6.38. The smallest absolute Gasteiger partial charge is 0.276 e. The van der Waals surface area contributed by atoms with Crippen LogP contribution in [-0.2, 0) is 4.79 Å². The van der Waals surface area contributed by atoms with Crippen molar-refractivity contribution in [1.82, 2.24) is 24.8 Å². The Kier molecular flexibility index (Phi) is 5.03. The maximum atomic E-state index is 12.8. The summed E-state index contributed by atoms with van der Waals surface area (Å²) in [7, 11) is 0. The maximum Gasteiger partial charge on any atom is 0.276 e. The number of rotatable bonds is 3. The van der Waals surface area contributed by atoms with Gasteiger partial charge in [0.15, 0.2) is 5.69 Å². The van der Waals surface area contributed by atoms with Gasteiger partial charge in [-0.3, -0.25) is 9.59 Å². The molecule has 1 aliphatic heterocycles. The molecule has 1 aliphatic rings.